The Hall–Kier alpha value is -1.34. The lowest BCUT2D eigenvalue weighted by Crippen LogP contribution is -2.28. The van der Waals surface area contributed by atoms with E-state index in [2.05, 4.69) is 24.8 Å². The highest BCUT2D eigenvalue weighted by Gasteiger charge is 1.90. The van der Waals surface area contributed by atoms with Crippen LogP contribution in [-0.4, -0.2) is 6.54 Å². The summed E-state index contributed by atoms with van der Waals surface area (Å²) in [5.74, 6) is 0. The molecule has 2 N–H and O–H groups in total. The third-order valence-corrected chi connectivity index (χ3v) is 2.08. The number of hydrogen-bond donors (Lipinski definition) is 1. The Morgan fingerprint density at radius 3 is 2.69 bits per heavy atom. The molecule has 13 heavy (non-hydrogen) atoms. The highest BCUT2D eigenvalue weighted by atomic mass is 14.5. The van der Waals surface area contributed by atoms with Crippen molar-refractivity contribution in [3.63, 3.8) is 0 Å². The predicted octanol–water partition coefficient (Wildman–Crippen LogP) is 0.782. The molecule has 1 nitrogen and oxygen atoms in total. The van der Waals surface area contributed by atoms with Crippen LogP contribution in [0.15, 0.2) is 36.9 Å². The quantitative estimate of drug-likeness (QED) is 0.703. The molecule has 0 aliphatic heterocycles. The first-order valence-corrected chi connectivity index (χ1v) is 4.40. The van der Waals surface area contributed by atoms with Crippen molar-refractivity contribution in [2.75, 3.05) is 6.54 Å². The van der Waals surface area contributed by atoms with E-state index in [-0.39, 0.29) is 0 Å². The van der Waals surface area contributed by atoms with Gasteiger partial charge in [0.05, 0.1) is 0 Å². The molecule has 0 unspecified atom stereocenters. The molecule has 0 spiro atoms. The molecular weight excluding hydrogens is 158 g/mol. The fourth-order valence-electron chi connectivity index (χ4n) is 1.34. The van der Waals surface area contributed by atoms with Gasteiger partial charge in [0.25, 0.3) is 0 Å². The molecule has 0 saturated carbocycles. The molecule has 0 aliphatic rings. The van der Waals surface area contributed by atoms with Gasteiger partial charge in [0.2, 0.25) is 0 Å². The standard InChI is InChI=1S/C12H15N/c1-3-10-7-5-6-8-12(10)11(4-2)9-13/h3-8H,2,9,13H2,1H3/b10-3-,12-11+. The second-order valence-electron chi connectivity index (χ2n) is 2.81. The lowest BCUT2D eigenvalue weighted by molar-refractivity contribution is 1.26. The molecule has 1 heteroatoms. The van der Waals surface area contributed by atoms with Gasteiger partial charge in [0.1, 0.15) is 0 Å². The third kappa shape index (κ3) is 2.07. The van der Waals surface area contributed by atoms with Crippen molar-refractivity contribution in [2.24, 2.45) is 5.73 Å². The van der Waals surface area contributed by atoms with E-state index in [9.17, 15) is 0 Å². The zero-order valence-corrected chi connectivity index (χ0v) is 7.96. The van der Waals surface area contributed by atoms with E-state index in [4.69, 9.17) is 5.73 Å². The fourth-order valence-corrected chi connectivity index (χ4v) is 1.34. The summed E-state index contributed by atoms with van der Waals surface area (Å²) in [4.78, 5) is 0. The van der Waals surface area contributed by atoms with Crippen LogP contribution < -0.4 is 16.2 Å². The minimum absolute atomic E-state index is 0.536. The van der Waals surface area contributed by atoms with Crippen LogP contribution in [0.3, 0.4) is 0 Å². The van der Waals surface area contributed by atoms with Gasteiger partial charge in [0, 0.05) is 6.54 Å². The van der Waals surface area contributed by atoms with E-state index in [1.165, 1.54) is 10.4 Å². The van der Waals surface area contributed by atoms with E-state index < -0.39 is 0 Å². The van der Waals surface area contributed by atoms with Crippen LogP contribution in [0.2, 0.25) is 0 Å². The Bertz CT molecular complexity index is 401. The smallest absolute Gasteiger partial charge is 0.0184 e. The molecule has 0 aliphatic carbocycles. The molecule has 0 heterocycles. The summed E-state index contributed by atoms with van der Waals surface area (Å²) in [6.45, 7) is 6.31. The van der Waals surface area contributed by atoms with Crippen molar-refractivity contribution in [3.8, 4) is 0 Å². The molecule has 0 saturated heterocycles. The van der Waals surface area contributed by atoms with Gasteiger partial charge in [-0.15, -0.1) is 0 Å². The highest BCUT2D eigenvalue weighted by Crippen LogP contribution is 1.87. The van der Waals surface area contributed by atoms with E-state index >= 15 is 0 Å². The van der Waals surface area contributed by atoms with E-state index in [1.807, 2.05) is 25.1 Å². The van der Waals surface area contributed by atoms with Gasteiger partial charge in [-0.2, -0.15) is 0 Å². The van der Waals surface area contributed by atoms with Gasteiger partial charge in [-0.25, -0.2) is 0 Å². The molecular formula is C12H15N. The second-order valence-corrected chi connectivity index (χ2v) is 2.81. The summed E-state index contributed by atoms with van der Waals surface area (Å²) >= 11 is 0. The molecule has 1 rings (SSSR count). The van der Waals surface area contributed by atoms with Crippen molar-refractivity contribution >= 4 is 11.6 Å². The van der Waals surface area contributed by atoms with Crippen molar-refractivity contribution < 1.29 is 0 Å². The molecule has 0 amide bonds. The Labute approximate surface area is 78.9 Å². The highest BCUT2D eigenvalue weighted by molar-refractivity contribution is 5.57. The second kappa shape index (κ2) is 4.63. The lowest BCUT2D eigenvalue weighted by atomic mass is 10.1. The molecule has 1 aromatic rings. The van der Waals surface area contributed by atoms with Crippen LogP contribution in [0, 0.1) is 0 Å². The van der Waals surface area contributed by atoms with Gasteiger partial charge in [-0.1, -0.05) is 43.0 Å². The first-order valence-electron chi connectivity index (χ1n) is 4.40. The number of rotatable bonds is 2. The predicted molar refractivity (Wildman–Crippen MR) is 58.5 cm³/mol. The van der Waals surface area contributed by atoms with Crippen LogP contribution in [0.1, 0.15) is 6.92 Å². The van der Waals surface area contributed by atoms with Gasteiger partial charge in [-0.05, 0) is 22.9 Å². The Balaban J connectivity index is 3.61. The Kier molecular flexibility index (Phi) is 3.47. The van der Waals surface area contributed by atoms with Crippen LogP contribution in [0.5, 0.6) is 0 Å². The van der Waals surface area contributed by atoms with Crippen molar-refractivity contribution in [2.45, 2.75) is 6.92 Å². The zero-order chi connectivity index (χ0) is 9.68. The maximum atomic E-state index is 5.62. The van der Waals surface area contributed by atoms with Crippen LogP contribution in [0.4, 0.5) is 0 Å². The van der Waals surface area contributed by atoms with Crippen LogP contribution in [-0.2, 0) is 0 Å². The molecule has 0 radical (unpaired) electrons. The molecule has 0 aromatic heterocycles. The normalized spacial score (nSPS) is 14.2. The van der Waals surface area contributed by atoms with Gasteiger partial charge in [-0.3, -0.25) is 0 Å². The van der Waals surface area contributed by atoms with Crippen molar-refractivity contribution in [3.05, 3.63) is 47.4 Å². The topological polar surface area (TPSA) is 26.0 Å². The van der Waals surface area contributed by atoms with Crippen LogP contribution in [0.25, 0.3) is 11.6 Å². The zero-order valence-electron chi connectivity index (χ0n) is 7.96. The number of benzene rings is 1. The van der Waals surface area contributed by atoms with Crippen molar-refractivity contribution in [1.29, 1.82) is 0 Å². The summed E-state index contributed by atoms with van der Waals surface area (Å²) in [6, 6.07) is 8.19. The average molecular weight is 173 g/mol. The van der Waals surface area contributed by atoms with Gasteiger partial charge < -0.3 is 5.73 Å². The summed E-state index contributed by atoms with van der Waals surface area (Å²) < 4.78 is 0. The monoisotopic (exact) mass is 173 g/mol. The Morgan fingerprint density at radius 2 is 2.15 bits per heavy atom. The minimum Gasteiger partial charge on any atom is -0.326 e. The largest absolute Gasteiger partial charge is 0.326 e. The third-order valence-electron chi connectivity index (χ3n) is 2.08. The number of nitrogens with two attached hydrogens (primary N) is 1. The van der Waals surface area contributed by atoms with Gasteiger partial charge >= 0.3 is 0 Å². The molecule has 1 aromatic carbocycles. The SMILES string of the molecule is C=C/C(CN)=c1/cccc/c1=C/C. The first-order chi connectivity index (χ1) is 6.33. The average Bonchev–Trinajstić information content (AvgIpc) is 2.20. The van der Waals surface area contributed by atoms with Gasteiger partial charge in [0.15, 0.2) is 0 Å². The molecule has 0 bridgehead atoms. The maximum absolute atomic E-state index is 5.62. The first kappa shape index (κ1) is 9.75. The molecule has 0 atom stereocenters. The summed E-state index contributed by atoms with van der Waals surface area (Å²) in [5.41, 5.74) is 6.71. The fraction of sp³-hybridized carbons (Fsp3) is 0.167. The minimum atomic E-state index is 0.536. The van der Waals surface area contributed by atoms with E-state index in [0.717, 1.165) is 5.57 Å². The molecule has 0 fully saturated rings. The van der Waals surface area contributed by atoms with Crippen LogP contribution >= 0.6 is 0 Å². The summed E-state index contributed by atoms with van der Waals surface area (Å²) in [5, 5.41) is 2.39. The summed E-state index contributed by atoms with van der Waals surface area (Å²) in [7, 11) is 0. The lowest BCUT2D eigenvalue weighted by Gasteiger charge is -1.97. The summed E-state index contributed by atoms with van der Waals surface area (Å²) in [6.07, 6.45) is 3.90. The van der Waals surface area contributed by atoms with Crippen molar-refractivity contribution in [1.82, 2.24) is 0 Å². The number of hydrogen-bond acceptors (Lipinski definition) is 1. The molecule has 68 valence electrons. The van der Waals surface area contributed by atoms with E-state index in [1.54, 1.807) is 0 Å². The van der Waals surface area contributed by atoms with E-state index in [0.29, 0.717) is 6.54 Å². The Morgan fingerprint density at radius 1 is 1.46 bits per heavy atom. The maximum Gasteiger partial charge on any atom is 0.0184 e.